The van der Waals surface area contributed by atoms with Crippen molar-refractivity contribution in [3.8, 4) is 0 Å². The molecule has 0 fully saturated rings. The fourth-order valence-electron chi connectivity index (χ4n) is 9.57. The molecule has 3 aromatic carbocycles. The summed E-state index contributed by atoms with van der Waals surface area (Å²) in [7, 11) is 0. The van der Waals surface area contributed by atoms with E-state index >= 15 is 0 Å². The maximum atomic E-state index is 12.4. The Morgan fingerprint density at radius 2 is 0.989 bits per heavy atom. The van der Waals surface area contributed by atoms with Crippen LogP contribution in [0.4, 0.5) is 0 Å². The summed E-state index contributed by atoms with van der Waals surface area (Å²) in [6.45, 7) is 12.9. The van der Waals surface area contributed by atoms with Crippen molar-refractivity contribution in [1.29, 1.82) is 0 Å². The first kappa shape index (κ1) is 67.3. The Morgan fingerprint density at radius 1 is 0.568 bits per heavy atom. The summed E-state index contributed by atoms with van der Waals surface area (Å²) in [5.74, 6) is 0.421. The van der Waals surface area contributed by atoms with Crippen LogP contribution in [0.25, 0.3) is 16.7 Å². The number of allylic oxidation sites excluding steroid dienone is 6. The summed E-state index contributed by atoms with van der Waals surface area (Å²) in [6, 6.07) is 29.1. The molecule has 3 heterocycles. The van der Waals surface area contributed by atoms with Crippen LogP contribution in [0.3, 0.4) is 0 Å². The van der Waals surface area contributed by atoms with Crippen LogP contribution in [0.2, 0.25) is 0 Å². The number of ketones is 1. The van der Waals surface area contributed by atoms with E-state index < -0.39 is 42.5 Å². The van der Waals surface area contributed by atoms with Gasteiger partial charge in [0.05, 0.1) is 46.9 Å². The van der Waals surface area contributed by atoms with Crippen molar-refractivity contribution in [3.05, 3.63) is 235 Å². The molecule has 462 valence electrons. The fraction of sp³-hybridized carbons (Fsp3) is 0.324. The first-order chi connectivity index (χ1) is 42.6. The molecule has 6 aliphatic rings. The van der Waals surface area contributed by atoms with Crippen LogP contribution in [-0.2, 0) is 57.1 Å². The normalized spacial score (nSPS) is 21.2. The van der Waals surface area contributed by atoms with E-state index in [0.717, 1.165) is 38.3 Å². The lowest BCUT2D eigenvalue weighted by molar-refractivity contribution is -0.142. The van der Waals surface area contributed by atoms with E-state index in [1.54, 1.807) is 30.8 Å². The van der Waals surface area contributed by atoms with Gasteiger partial charge in [-0.15, -0.1) is 11.8 Å². The summed E-state index contributed by atoms with van der Waals surface area (Å²) >= 11 is 7.28. The zero-order chi connectivity index (χ0) is 62.8. The molecule has 3 N–H and O–H groups in total. The Kier molecular flexibility index (Phi) is 26.8. The third kappa shape index (κ3) is 21.3. The molecule has 3 aliphatic carbocycles. The highest BCUT2D eigenvalue weighted by Gasteiger charge is 2.34. The van der Waals surface area contributed by atoms with Crippen molar-refractivity contribution in [3.63, 3.8) is 0 Å². The second kappa shape index (κ2) is 35.0. The maximum absolute atomic E-state index is 12.4. The van der Waals surface area contributed by atoms with Crippen LogP contribution >= 0.6 is 24.0 Å². The molecule has 9 unspecified atom stereocenters. The minimum absolute atomic E-state index is 0.0477. The minimum atomic E-state index is -0.675. The molecule has 15 nitrogen and oxygen atoms in total. The number of carbonyl (C=O) groups excluding carboxylic acids is 5. The van der Waals surface area contributed by atoms with Gasteiger partial charge in [0.25, 0.3) is 0 Å². The highest BCUT2D eigenvalue weighted by Crippen LogP contribution is 2.41. The van der Waals surface area contributed by atoms with Gasteiger partial charge in [-0.3, -0.25) is 4.79 Å². The molecular formula is C71H76O15S2. The van der Waals surface area contributed by atoms with Crippen LogP contribution in [0.5, 0.6) is 0 Å². The fourth-order valence-corrected chi connectivity index (χ4v) is 11.2. The monoisotopic (exact) mass is 1230 g/mol. The van der Waals surface area contributed by atoms with Crippen molar-refractivity contribution in [2.24, 2.45) is 17.8 Å². The molecule has 17 heteroatoms. The summed E-state index contributed by atoms with van der Waals surface area (Å²) in [5.41, 5.74) is 5.43. The van der Waals surface area contributed by atoms with Gasteiger partial charge in [0, 0.05) is 46.6 Å². The molecule has 9 atom stereocenters. The second-order valence-electron chi connectivity index (χ2n) is 21.3. The zero-order valence-electron chi connectivity index (χ0n) is 49.3. The number of thioether (sulfide) groups is 1. The number of unbranched alkanes of at least 4 members (excludes halogenated alkanes) is 2. The lowest BCUT2D eigenvalue weighted by Crippen LogP contribution is -2.30. The molecule has 0 radical (unpaired) electrons. The number of carbonyl (C=O) groups is 5. The molecule has 0 spiro atoms. The Bertz CT molecular complexity index is 3240. The van der Waals surface area contributed by atoms with Crippen molar-refractivity contribution in [2.45, 2.75) is 94.1 Å². The van der Waals surface area contributed by atoms with Crippen LogP contribution in [0.1, 0.15) is 75.0 Å². The summed E-state index contributed by atoms with van der Waals surface area (Å²) in [5, 5.41) is 30.4. The van der Waals surface area contributed by atoms with Crippen molar-refractivity contribution in [2.75, 3.05) is 33.0 Å². The highest BCUT2D eigenvalue weighted by atomic mass is 32.2. The van der Waals surface area contributed by atoms with Crippen LogP contribution < -0.4 is 0 Å². The number of esters is 4. The Hall–Kier alpha value is -8.19. The largest absolute Gasteiger partial charge is 0.491 e. The van der Waals surface area contributed by atoms with Gasteiger partial charge >= 0.3 is 23.9 Å². The number of aliphatic hydroxyl groups is 3. The van der Waals surface area contributed by atoms with Crippen LogP contribution in [0.15, 0.2) is 219 Å². The van der Waals surface area contributed by atoms with Gasteiger partial charge in [-0.1, -0.05) is 159 Å². The summed E-state index contributed by atoms with van der Waals surface area (Å²) < 4.78 is 39.0. The Balaban J connectivity index is 0.000000189. The van der Waals surface area contributed by atoms with E-state index in [2.05, 4.69) is 50.1 Å². The number of ether oxygens (including phenoxy) is 7. The Labute approximate surface area is 524 Å². The van der Waals surface area contributed by atoms with Crippen molar-refractivity contribution < 1.29 is 72.5 Å². The number of fused-ring (bicyclic) bond motifs is 3. The standard InChI is InChI=1S/C25H28O6.C24H26O6.C22H22O3S2/c1-17(2)24(27)29-13-7-6-10-20(26)16-30-21-12-11-19-14-22(18-8-4-3-5-9-18)25(28)31-23(19)15-21;1-2-23(26)28-13-7-6-10-19(25)16-29-20-12-11-18-14-21(17-8-4-3-5-9-17)24(27)30-22(18)15-20;1-2-17(23)9-10-18(24)14-25-19-11-8-16-12-20(15-6-4-3-5-7-15)22(26)27-21(16)13-19/h3-5,8-9,11-12,14-15,19-20,23,26H,1,6-7,10,13,16H2,2H3;2-5,8-9,11-12,14-15,18-19,22,25H,1,6-7,10,13,16H2;2-8,11-13,16,18,21,24H,1,9-10,14H2. The van der Waals surface area contributed by atoms with Gasteiger partial charge in [-0.05, 0) is 111 Å². The lowest BCUT2D eigenvalue weighted by atomic mass is 9.90. The number of hydrogen-bond donors (Lipinski definition) is 3. The molecule has 3 aliphatic heterocycles. The minimum Gasteiger partial charge on any atom is -0.491 e. The van der Waals surface area contributed by atoms with Crippen molar-refractivity contribution in [1.82, 2.24) is 0 Å². The summed E-state index contributed by atoms with van der Waals surface area (Å²) in [6.07, 6.45) is 27.4. The number of benzene rings is 3. The summed E-state index contributed by atoms with van der Waals surface area (Å²) in [4.78, 5) is 58.3. The lowest BCUT2D eigenvalue weighted by Gasteiger charge is -2.29. The van der Waals surface area contributed by atoms with Gasteiger partial charge < -0.3 is 48.5 Å². The molecule has 0 amide bonds. The molecule has 0 saturated carbocycles. The zero-order valence-corrected chi connectivity index (χ0v) is 50.9. The second-order valence-corrected chi connectivity index (χ2v) is 23.2. The van der Waals surface area contributed by atoms with Gasteiger partial charge in [0.2, 0.25) is 0 Å². The van der Waals surface area contributed by atoms with Crippen LogP contribution in [-0.4, -0.2) is 118 Å². The average Bonchev–Trinajstić information content (AvgIpc) is 2.98. The molecule has 0 saturated heterocycles. The van der Waals surface area contributed by atoms with E-state index in [0.29, 0.717) is 86.4 Å². The van der Waals surface area contributed by atoms with Gasteiger partial charge in [0.15, 0.2) is 5.78 Å². The SMILES string of the molecule is C=C(C)C(=O)OCCCCC(O)COC1=CC2OC(=O)C(c3ccccc3)=CC2C=C1.C=CC(=O)CCC(O)COC1=CC2SC(=S)C(c3ccccc3)=CC2C=C1.C=CC(=O)OCCCCC(O)COC1=CC2OC(=O)C(c3ccccc3)=CC2C=C1. The first-order valence-corrected chi connectivity index (χ1v) is 30.7. The molecule has 9 rings (SSSR count). The van der Waals surface area contributed by atoms with Crippen molar-refractivity contribution >= 4 is 74.6 Å². The predicted molar refractivity (Wildman–Crippen MR) is 344 cm³/mol. The molecule has 0 bridgehead atoms. The van der Waals surface area contributed by atoms with Gasteiger partial charge in [-0.2, -0.15) is 0 Å². The van der Waals surface area contributed by atoms with E-state index in [-0.39, 0.29) is 67.0 Å². The van der Waals surface area contributed by atoms with E-state index in [9.17, 15) is 39.3 Å². The first-order valence-electron chi connectivity index (χ1n) is 29.4. The van der Waals surface area contributed by atoms with E-state index in [4.69, 9.17) is 45.4 Å². The number of thiocarbonyl (C=S) groups is 1. The molecule has 88 heavy (non-hydrogen) atoms. The van der Waals surface area contributed by atoms with Crippen LogP contribution in [0, 0.1) is 17.8 Å². The average molecular weight is 1230 g/mol. The Morgan fingerprint density at radius 3 is 1.44 bits per heavy atom. The topological polar surface area (TPSA) is 211 Å². The molecule has 0 aromatic heterocycles. The number of aliphatic hydroxyl groups excluding tert-OH is 3. The molecular weight excluding hydrogens is 1160 g/mol. The smallest absolute Gasteiger partial charge is 0.339 e. The number of hydrogen-bond acceptors (Lipinski definition) is 17. The van der Waals surface area contributed by atoms with E-state index in [1.807, 2.05) is 121 Å². The number of rotatable bonds is 28. The van der Waals surface area contributed by atoms with Gasteiger partial charge in [-0.25, -0.2) is 19.2 Å². The maximum Gasteiger partial charge on any atom is 0.339 e. The highest BCUT2D eigenvalue weighted by molar-refractivity contribution is 8.25. The predicted octanol–water partition coefficient (Wildman–Crippen LogP) is 11.6. The third-order valence-corrected chi connectivity index (χ3v) is 16.1. The third-order valence-electron chi connectivity index (χ3n) is 14.4. The van der Waals surface area contributed by atoms with E-state index in [1.165, 1.54) is 6.08 Å². The van der Waals surface area contributed by atoms with Gasteiger partial charge in [0.1, 0.15) is 49.3 Å². The molecule has 3 aromatic rings. The quantitative estimate of drug-likeness (QED) is 0.0203.